The molecule has 2 saturated carbocycles. The molecule has 0 heterocycles. The minimum atomic E-state index is 0.272. The van der Waals surface area contributed by atoms with Crippen molar-refractivity contribution in [1.29, 1.82) is 0 Å². The first kappa shape index (κ1) is 20.1. The van der Waals surface area contributed by atoms with Crippen molar-refractivity contribution in [1.82, 2.24) is 0 Å². The molecule has 0 radical (unpaired) electrons. The Morgan fingerprint density at radius 1 is 1.10 bits per heavy atom. The van der Waals surface area contributed by atoms with E-state index in [4.69, 9.17) is 16.3 Å². The molecule has 0 spiro atoms. The molecule has 1 N–H and O–H groups in total. The average Bonchev–Trinajstić information content (AvgIpc) is 3.11. The largest absolute Gasteiger partial charge is 0.506 e. The van der Waals surface area contributed by atoms with Crippen molar-refractivity contribution < 1.29 is 9.84 Å². The number of methoxy groups -OCH3 is 1. The van der Waals surface area contributed by atoms with Gasteiger partial charge in [-0.3, -0.25) is 0 Å². The van der Waals surface area contributed by atoms with Crippen LogP contribution >= 0.6 is 11.6 Å². The number of nitrogens with zero attached hydrogens (tertiary/aromatic N) is 1. The van der Waals surface area contributed by atoms with Crippen LogP contribution in [0.1, 0.15) is 56.1 Å². The second kappa shape index (κ2) is 7.37. The summed E-state index contributed by atoms with van der Waals surface area (Å²) in [6.45, 7) is 2.51. The summed E-state index contributed by atoms with van der Waals surface area (Å²) in [6, 6.07) is 12.5. The van der Waals surface area contributed by atoms with E-state index in [1.807, 2.05) is 6.07 Å². The number of rotatable bonds is 3. The van der Waals surface area contributed by atoms with Crippen LogP contribution < -0.4 is 9.64 Å². The zero-order valence-corrected chi connectivity index (χ0v) is 19.0. The van der Waals surface area contributed by atoms with Crippen LogP contribution in [0, 0.1) is 17.3 Å². The molecular formula is C26H32ClNO2. The molecule has 3 aliphatic carbocycles. The fourth-order valence-corrected chi connectivity index (χ4v) is 7.41. The van der Waals surface area contributed by atoms with E-state index >= 15 is 0 Å². The van der Waals surface area contributed by atoms with Crippen molar-refractivity contribution >= 4 is 17.3 Å². The molecule has 5 rings (SSSR count). The molecule has 0 amide bonds. The number of benzene rings is 2. The van der Waals surface area contributed by atoms with Crippen LogP contribution in [-0.2, 0) is 6.42 Å². The number of anilines is 1. The molecule has 3 aliphatic rings. The smallest absolute Gasteiger partial charge is 0.138 e. The summed E-state index contributed by atoms with van der Waals surface area (Å²) in [6.07, 6.45) is 7.39. The second-order valence-electron chi connectivity index (χ2n) is 9.86. The van der Waals surface area contributed by atoms with Gasteiger partial charge in [-0.15, -0.1) is 0 Å². The van der Waals surface area contributed by atoms with E-state index in [0.717, 1.165) is 29.7 Å². The summed E-state index contributed by atoms with van der Waals surface area (Å²) in [4.78, 5) is 2.31. The van der Waals surface area contributed by atoms with Crippen LogP contribution in [0.15, 0.2) is 36.4 Å². The summed E-state index contributed by atoms with van der Waals surface area (Å²) in [5.74, 6) is 3.48. The minimum absolute atomic E-state index is 0.272. The highest BCUT2D eigenvalue weighted by Crippen LogP contribution is 2.62. The Bertz CT molecular complexity index is 960. The van der Waals surface area contributed by atoms with Gasteiger partial charge in [0.2, 0.25) is 0 Å². The summed E-state index contributed by atoms with van der Waals surface area (Å²) in [7, 11) is 3.89. The molecular weight excluding hydrogens is 394 g/mol. The Morgan fingerprint density at radius 2 is 1.93 bits per heavy atom. The molecule has 0 aliphatic heterocycles. The topological polar surface area (TPSA) is 32.7 Å². The van der Waals surface area contributed by atoms with Crippen molar-refractivity contribution in [2.45, 2.75) is 57.4 Å². The maximum Gasteiger partial charge on any atom is 0.138 e. The predicted molar refractivity (Wildman–Crippen MR) is 123 cm³/mol. The molecule has 0 bridgehead atoms. The molecule has 0 saturated heterocycles. The van der Waals surface area contributed by atoms with Gasteiger partial charge in [0.1, 0.15) is 11.5 Å². The molecule has 0 aromatic heterocycles. The highest BCUT2D eigenvalue weighted by molar-refractivity contribution is 6.30. The Labute approximate surface area is 185 Å². The zero-order valence-electron chi connectivity index (χ0n) is 18.2. The van der Waals surface area contributed by atoms with E-state index in [0.29, 0.717) is 22.7 Å². The van der Waals surface area contributed by atoms with Gasteiger partial charge in [0.25, 0.3) is 0 Å². The quantitative estimate of drug-likeness (QED) is 0.616. The molecule has 30 heavy (non-hydrogen) atoms. The van der Waals surface area contributed by atoms with Gasteiger partial charge in [0, 0.05) is 18.1 Å². The number of hydrogen-bond acceptors (Lipinski definition) is 3. The van der Waals surface area contributed by atoms with Crippen LogP contribution in [0.5, 0.6) is 11.5 Å². The lowest BCUT2D eigenvalue weighted by molar-refractivity contribution is 0.0485. The van der Waals surface area contributed by atoms with Gasteiger partial charge >= 0.3 is 0 Å². The highest BCUT2D eigenvalue weighted by Gasteiger charge is 2.55. The second-order valence-corrected chi connectivity index (χ2v) is 10.3. The Morgan fingerprint density at radius 3 is 2.73 bits per heavy atom. The van der Waals surface area contributed by atoms with Crippen molar-refractivity contribution in [3.05, 3.63) is 52.5 Å². The summed E-state index contributed by atoms with van der Waals surface area (Å²) < 4.78 is 5.47. The number of aryl methyl sites for hydroxylation is 1. The van der Waals surface area contributed by atoms with Crippen molar-refractivity contribution in [3.63, 3.8) is 0 Å². The standard InChI is InChI=1S/C26H32ClNO2/c1-26-13-12-20-19-8-6-18(30-3)14-16(19)4-7-21(20)22(26)9-11-25(26)28(2)23-15-17(27)5-10-24(23)29/h5-6,8,10,14-15,20-22,25,29H,4,7,9,11-13H2,1-3H3/t20-,21-,22+,25-,26+/m1/s1. The first-order valence-electron chi connectivity index (χ1n) is 11.3. The van der Waals surface area contributed by atoms with Crippen LogP contribution in [0.2, 0.25) is 5.02 Å². The Balaban J connectivity index is 1.43. The van der Waals surface area contributed by atoms with Gasteiger partial charge < -0.3 is 14.7 Å². The van der Waals surface area contributed by atoms with Gasteiger partial charge in [-0.25, -0.2) is 0 Å². The van der Waals surface area contributed by atoms with Crippen LogP contribution in [0.3, 0.4) is 0 Å². The normalized spacial score (nSPS) is 32.1. The molecule has 5 atom stereocenters. The summed E-state index contributed by atoms with van der Waals surface area (Å²) in [5.41, 5.74) is 4.19. The van der Waals surface area contributed by atoms with Crippen LogP contribution in [0.25, 0.3) is 0 Å². The Hall–Kier alpha value is -1.87. The fraction of sp³-hybridized carbons (Fsp3) is 0.538. The lowest BCUT2D eigenvalue weighted by atomic mass is 9.55. The predicted octanol–water partition coefficient (Wildman–Crippen LogP) is 6.42. The number of halogens is 1. The molecule has 3 nitrogen and oxygen atoms in total. The molecule has 4 heteroatoms. The van der Waals surface area contributed by atoms with Gasteiger partial charge in [0.05, 0.1) is 12.8 Å². The third-order valence-corrected chi connectivity index (χ3v) is 8.90. The molecule has 0 unspecified atom stereocenters. The number of aromatic hydroxyl groups is 1. The Kier molecular flexibility index (Phi) is 4.93. The average molecular weight is 426 g/mol. The maximum atomic E-state index is 10.5. The van der Waals surface area contributed by atoms with E-state index in [1.54, 1.807) is 24.8 Å². The van der Waals surface area contributed by atoms with E-state index < -0.39 is 0 Å². The molecule has 2 fully saturated rings. The molecule has 160 valence electrons. The lowest BCUT2D eigenvalue weighted by Crippen LogP contribution is -2.49. The van der Waals surface area contributed by atoms with Gasteiger partial charge in [0.15, 0.2) is 0 Å². The fourth-order valence-electron chi connectivity index (χ4n) is 7.24. The van der Waals surface area contributed by atoms with Crippen LogP contribution in [0.4, 0.5) is 5.69 Å². The third-order valence-electron chi connectivity index (χ3n) is 8.67. The number of phenolic OH excluding ortho intramolecular Hbond substituents is 1. The lowest BCUT2D eigenvalue weighted by Gasteiger charge is -2.52. The van der Waals surface area contributed by atoms with E-state index in [1.165, 1.54) is 37.7 Å². The number of fused-ring (bicyclic) bond motifs is 5. The maximum absolute atomic E-state index is 10.5. The van der Waals surface area contributed by atoms with Crippen molar-refractivity contribution in [3.8, 4) is 11.5 Å². The highest BCUT2D eigenvalue weighted by atomic mass is 35.5. The van der Waals surface area contributed by atoms with E-state index in [2.05, 4.69) is 37.1 Å². The minimum Gasteiger partial charge on any atom is -0.506 e. The molecule has 2 aromatic rings. The van der Waals surface area contributed by atoms with Crippen LogP contribution in [-0.4, -0.2) is 25.3 Å². The molecule has 2 aromatic carbocycles. The van der Waals surface area contributed by atoms with E-state index in [9.17, 15) is 5.11 Å². The number of phenols is 1. The van der Waals surface area contributed by atoms with E-state index in [-0.39, 0.29) is 5.41 Å². The summed E-state index contributed by atoms with van der Waals surface area (Å²) in [5, 5.41) is 11.2. The van der Waals surface area contributed by atoms with Crippen molar-refractivity contribution in [2.24, 2.45) is 17.3 Å². The zero-order chi connectivity index (χ0) is 21.0. The van der Waals surface area contributed by atoms with Gasteiger partial charge in [-0.05, 0) is 103 Å². The van der Waals surface area contributed by atoms with Gasteiger partial charge in [-0.1, -0.05) is 24.6 Å². The first-order valence-corrected chi connectivity index (χ1v) is 11.7. The number of hydrogen-bond donors (Lipinski definition) is 1. The van der Waals surface area contributed by atoms with Crippen molar-refractivity contribution in [2.75, 3.05) is 19.1 Å². The first-order chi connectivity index (χ1) is 14.4. The van der Waals surface area contributed by atoms with Gasteiger partial charge in [-0.2, -0.15) is 0 Å². The number of ether oxygens (including phenoxy) is 1. The third kappa shape index (κ3) is 3.00. The monoisotopic (exact) mass is 425 g/mol. The summed E-state index contributed by atoms with van der Waals surface area (Å²) >= 11 is 6.25. The SMILES string of the molecule is COc1ccc2c(c1)CC[C@@H]1[C@@H]2CC[C@@]2(C)[C@H]1CC[C@H]2N(C)c1cc(Cl)ccc1O.